The summed E-state index contributed by atoms with van der Waals surface area (Å²) in [4.78, 5) is 13.1. The summed E-state index contributed by atoms with van der Waals surface area (Å²) in [5.41, 5.74) is 5.35. The third kappa shape index (κ3) is 1.84. The second kappa shape index (κ2) is 3.96. The van der Waals surface area contributed by atoms with Crippen molar-refractivity contribution < 1.29 is 4.79 Å². The quantitative estimate of drug-likeness (QED) is 0.701. The predicted octanol–water partition coefficient (Wildman–Crippen LogP) is -0.769. The molecule has 0 radical (unpaired) electrons. The molecule has 1 amide bonds. The van der Waals surface area contributed by atoms with E-state index >= 15 is 0 Å². The van der Waals surface area contributed by atoms with Gasteiger partial charge in [0.05, 0.1) is 0 Å². The third-order valence-electron chi connectivity index (χ3n) is 3.62. The molecule has 0 spiro atoms. The van der Waals surface area contributed by atoms with Gasteiger partial charge in [0, 0.05) is 26.2 Å². The fourth-order valence-electron chi connectivity index (χ4n) is 2.67. The van der Waals surface area contributed by atoms with Crippen molar-refractivity contribution in [3.8, 4) is 0 Å². The van der Waals surface area contributed by atoms with E-state index in [0.717, 1.165) is 32.0 Å². The molecule has 0 bridgehead atoms. The Bertz CT molecular complexity index is 420. The monoisotopic (exact) mass is 233 g/mol. The van der Waals surface area contributed by atoms with Gasteiger partial charge < -0.3 is 16.0 Å². The maximum absolute atomic E-state index is 10.9. The van der Waals surface area contributed by atoms with Crippen LogP contribution in [0.3, 0.4) is 0 Å². The fourth-order valence-corrected chi connectivity index (χ4v) is 2.67. The van der Waals surface area contributed by atoms with Crippen molar-refractivity contribution in [3.63, 3.8) is 0 Å². The lowest BCUT2D eigenvalue weighted by Gasteiger charge is -2.17. The first-order valence-corrected chi connectivity index (χ1v) is 5.83. The van der Waals surface area contributed by atoms with E-state index in [9.17, 15) is 4.79 Å². The fraction of sp³-hybridized carbons (Fsp3) is 0.545. The van der Waals surface area contributed by atoms with Gasteiger partial charge in [-0.1, -0.05) is 0 Å². The summed E-state index contributed by atoms with van der Waals surface area (Å²) >= 11 is 0. The summed E-state index contributed by atoms with van der Waals surface area (Å²) in [5.74, 6) is 1.73. The molecule has 2 fully saturated rings. The van der Waals surface area contributed by atoms with Crippen molar-refractivity contribution in [2.75, 3.05) is 31.1 Å². The van der Waals surface area contributed by atoms with E-state index in [1.807, 2.05) is 6.07 Å². The van der Waals surface area contributed by atoms with Gasteiger partial charge >= 0.3 is 0 Å². The number of nitrogens with one attached hydrogen (secondary N) is 1. The Morgan fingerprint density at radius 3 is 2.53 bits per heavy atom. The van der Waals surface area contributed by atoms with Crippen LogP contribution < -0.4 is 16.0 Å². The Kier molecular flexibility index (Phi) is 2.44. The number of fused-ring (bicyclic) bond motifs is 1. The molecule has 1 aromatic heterocycles. The van der Waals surface area contributed by atoms with Gasteiger partial charge in [-0.15, -0.1) is 10.2 Å². The number of hydrogen-bond donors (Lipinski definition) is 2. The van der Waals surface area contributed by atoms with Gasteiger partial charge in [-0.3, -0.25) is 4.79 Å². The van der Waals surface area contributed by atoms with Crippen molar-refractivity contribution in [2.45, 2.75) is 0 Å². The van der Waals surface area contributed by atoms with Crippen LogP contribution in [0.2, 0.25) is 0 Å². The number of carbonyl (C=O) groups is 1. The predicted molar refractivity (Wildman–Crippen MR) is 62.6 cm³/mol. The molecule has 17 heavy (non-hydrogen) atoms. The highest BCUT2D eigenvalue weighted by molar-refractivity contribution is 5.90. The van der Waals surface area contributed by atoms with Crippen LogP contribution in [0.4, 0.5) is 5.82 Å². The number of anilines is 1. The molecule has 3 N–H and O–H groups in total. The van der Waals surface area contributed by atoms with Gasteiger partial charge in [0.15, 0.2) is 11.5 Å². The molecule has 90 valence electrons. The zero-order valence-corrected chi connectivity index (χ0v) is 9.47. The lowest BCUT2D eigenvalue weighted by Crippen LogP contribution is -2.26. The maximum Gasteiger partial charge on any atom is 0.269 e. The highest BCUT2D eigenvalue weighted by Gasteiger charge is 2.36. The molecule has 1 aromatic rings. The number of amides is 1. The summed E-state index contributed by atoms with van der Waals surface area (Å²) in [5, 5.41) is 11.3. The lowest BCUT2D eigenvalue weighted by atomic mass is 10.0. The molecule has 6 nitrogen and oxygen atoms in total. The summed E-state index contributed by atoms with van der Waals surface area (Å²) in [6, 6.07) is 3.46. The van der Waals surface area contributed by atoms with Crippen molar-refractivity contribution in [2.24, 2.45) is 17.6 Å². The number of nitrogens with two attached hydrogens (primary N) is 1. The van der Waals surface area contributed by atoms with Crippen LogP contribution in [0.25, 0.3) is 0 Å². The van der Waals surface area contributed by atoms with Crippen LogP contribution in [-0.2, 0) is 0 Å². The number of aromatic nitrogens is 2. The molecule has 6 heteroatoms. The second-order valence-corrected chi connectivity index (χ2v) is 4.72. The molecule has 3 heterocycles. The van der Waals surface area contributed by atoms with Gasteiger partial charge in [-0.05, 0) is 24.0 Å². The van der Waals surface area contributed by atoms with E-state index in [-0.39, 0.29) is 5.69 Å². The van der Waals surface area contributed by atoms with Crippen molar-refractivity contribution in [3.05, 3.63) is 17.8 Å². The molecule has 2 aliphatic heterocycles. The smallest absolute Gasteiger partial charge is 0.269 e. The summed E-state index contributed by atoms with van der Waals surface area (Å²) in [6.45, 7) is 4.21. The molecule has 0 unspecified atom stereocenters. The van der Waals surface area contributed by atoms with Crippen molar-refractivity contribution in [1.29, 1.82) is 0 Å². The minimum Gasteiger partial charge on any atom is -0.364 e. The van der Waals surface area contributed by atoms with E-state index in [1.54, 1.807) is 6.07 Å². The lowest BCUT2D eigenvalue weighted by molar-refractivity contribution is 0.0994. The topological polar surface area (TPSA) is 84.1 Å². The first-order valence-electron chi connectivity index (χ1n) is 5.83. The summed E-state index contributed by atoms with van der Waals surface area (Å²) < 4.78 is 0. The Labute approximate surface area is 99.2 Å². The standard InChI is InChI=1S/C11H15N5O/c12-11(17)9-1-2-10(15-14-9)16-5-7-3-13-4-8(7)6-16/h1-2,7-8,13H,3-6H2,(H2,12,17)/t7-,8+. The van der Waals surface area contributed by atoms with E-state index in [4.69, 9.17) is 5.73 Å². The van der Waals surface area contributed by atoms with Gasteiger partial charge in [0.25, 0.3) is 5.91 Å². The zero-order chi connectivity index (χ0) is 11.8. The molecule has 0 aliphatic carbocycles. The number of hydrogen-bond acceptors (Lipinski definition) is 5. The van der Waals surface area contributed by atoms with Crippen LogP contribution in [-0.4, -0.2) is 42.3 Å². The first-order chi connectivity index (χ1) is 8.24. The largest absolute Gasteiger partial charge is 0.364 e. The third-order valence-corrected chi connectivity index (χ3v) is 3.62. The van der Waals surface area contributed by atoms with Crippen LogP contribution in [0, 0.1) is 11.8 Å². The molecular formula is C11H15N5O. The summed E-state index contributed by atoms with van der Waals surface area (Å²) in [7, 11) is 0. The minimum absolute atomic E-state index is 0.217. The van der Waals surface area contributed by atoms with Crippen LogP contribution in [0.5, 0.6) is 0 Å². The normalized spacial score (nSPS) is 27.2. The first kappa shape index (κ1) is 10.5. The molecule has 2 aliphatic rings. The zero-order valence-electron chi connectivity index (χ0n) is 9.47. The average molecular weight is 233 g/mol. The highest BCUT2D eigenvalue weighted by Crippen LogP contribution is 2.28. The Morgan fingerprint density at radius 1 is 1.29 bits per heavy atom. The SMILES string of the molecule is NC(=O)c1ccc(N2C[C@H]3CNC[C@H]3C2)nn1. The van der Waals surface area contributed by atoms with Gasteiger partial charge in [-0.2, -0.15) is 0 Å². The number of nitrogens with zero attached hydrogens (tertiary/aromatic N) is 3. The molecule has 0 saturated carbocycles. The Hall–Kier alpha value is -1.69. The van der Waals surface area contributed by atoms with Crippen molar-refractivity contribution >= 4 is 11.7 Å². The average Bonchev–Trinajstić information content (AvgIpc) is 2.89. The van der Waals surface area contributed by atoms with Gasteiger partial charge in [0.1, 0.15) is 0 Å². The number of carbonyl (C=O) groups excluding carboxylic acids is 1. The summed E-state index contributed by atoms with van der Waals surface area (Å²) in [6.07, 6.45) is 0. The van der Waals surface area contributed by atoms with E-state index < -0.39 is 5.91 Å². The van der Waals surface area contributed by atoms with E-state index in [2.05, 4.69) is 20.4 Å². The molecule has 0 aromatic carbocycles. The maximum atomic E-state index is 10.9. The number of primary amides is 1. The van der Waals surface area contributed by atoms with E-state index in [1.165, 1.54) is 0 Å². The molecular weight excluding hydrogens is 218 g/mol. The number of rotatable bonds is 2. The molecule has 2 atom stereocenters. The highest BCUT2D eigenvalue weighted by atomic mass is 16.1. The van der Waals surface area contributed by atoms with Gasteiger partial charge in [-0.25, -0.2) is 0 Å². The Balaban J connectivity index is 1.75. The van der Waals surface area contributed by atoms with Crippen LogP contribution in [0.15, 0.2) is 12.1 Å². The Morgan fingerprint density at radius 2 is 2.00 bits per heavy atom. The van der Waals surface area contributed by atoms with Crippen molar-refractivity contribution in [1.82, 2.24) is 15.5 Å². The second-order valence-electron chi connectivity index (χ2n) is 4.72. The van der Waals surface area contributed by atoms with Crippen LogP contribution in [0.1, 0.15) is 10.5 Å². The minimum atomic E-state index is -0.536. The van der Waals surface area contributed by atoms with Crippen LogP contribution >= 0.6 is 0 Å². The van der Waals surface area contributed by atoms with Gasteiger partial charge in [0.2, 0.25) is 0 Å². The molecule has 2 saturated heterocycles. The molecule has 3 rings (SSSR count). The van der Waals surface area contributed by atoms with E-state index in [0.29, 0.717) is 11.8 Å².